The molecular weight excluding hydrogens is 624 g/mol. The maximum absolute atomic E-state index is 10.7. The second kappa shape index (κ2) is 16.1. The minimum atomic E-state index is -2.18. The SMILES string of the molecule is Cc1ccc(CO)cc1.O=C(C(Cl)(Cl)Cl)C(Cl)(Cl)Cl.c1ccc(P(c2ccccc2)c2ccccc2)cc1. The number of hydrogen-bond donors (Lipinski definition) is 1. The van der Waals surface area contributed by atoms with Crippen LogP contribution in [0.1, 0.15) is 11.1 Å². The van der Waals surface area contributed by atoms with Crippen LogP contribution in [0, 0.1) is 6.92 Å². The van der Waals surface area contributed by atoms with Gasteiger partial charge in [-0.1, -0.05) is 190 Å². The van der Waals surface area contributed by atoms with E-state index in [1.54, 1.807) is 0 Å². The van der Waals surface area contributed by atoms with E-state index in [2.05, 4.69) is 91.0 Å². The van der Waals surface area contributed by atoms with E-state index in [1.165, 1.54) is 21.5 Å². The van der Waals surface area contributed by atoms with E-state index < -0.39 is 21.3 Å². The topological polar surface area (TPSA) is 37.3 Å². The highest BCUT2D eigenvalue weighted by Crippen LogP contribution is 2.39. The second-order valence-corrected chi connectivity index (χ2v) is 14.6. The molecule has 0 aliphatic rings. The first-order valence-corrected chi connectivity index (χ1v) is 14.8. The molecule has 0 aliphatic heterocycles. The number of Topliss-reactive ketones (excluding diaryl/α,β-unsaturated/α-hetero) is 1. The summed E-state index contributed by atoms with van der Waals surface area (Å²) >= 11 is 30.6. The number of aryl methyl sites for hydroxylation is 1. The minimum Gasteiger partial charge on any atom is -0.392 e. The second-order valence-electron chi connectivity index (χ2n) is 7.81. The summed E-state index contributed by atoms with van der Waals surface area (Å²) in [6.45, 7) is 2.17. The predicted molar refractivity (Wildman–Crippen MR) is 168 cm³/mol. The highest BCUT2D eigenvalue weighted by molar-refractivity contribution is 7.79. The van der Waals surface area contributed by atoms with Gasteiger partial charge in [-0.25, -0.2) is 0 Å². The Hall–Kier alpha value is -1.32. The van der Waals surface area contributed by atoms with Crippen molar-refractivity contribution in [3.8, 4) is 0 Å². The Kier molecular flexibility index (Phi) is 13.9. The molecule has 0 unspecified atom stereocenters. The summed E-state index contributed by atoms with van der Waals surface area (Å²) in [5.74, 6) is -1.09. The van der Waals surface area contributed by atoms with Crippen LogP contribution in [0.2, 0.25) is 0 Å². The average Bonchev–Trinajstić information content (AvgIpc) is 2.90. The quantitative estimate of drug-likeness (QED) is 0.179. The highest BCUT2D eigenvalue weighted by atomic mass is 35.6. The van der Waals surface area contributed by atoms with Gasteiger partial charge < -0.3 is 5.11 Å². The van der Waals surface area contributed by atoms with Gasteiger partial charge in [0.15, 0.2) is 0 Å². The molecule has 0 aliphatic carbocycles. The lowest BCUT2D eigenvalue weighted by Crippen LogP contribution is -2.31. The number of benzene rings is 4. The van der Waals surface area contributed by atoms with Crippen molar-refractivity contribution in [2.24, 2.45) is 0 Å². The molecule has 4 aromatic carbocycles. The van der Waals surface area contributed by atoms with Crippen LogP contribution in [-0.4, -0.2) is 18.5 Å². The van der Waals surface area contributed by atoms with Crippen molar-refractivity contribution in [2.45, 2.75) is 21.1 Å². The van der Waals surface area contributed by atoms with Crippen LogP contribution in [0.25, 0.3) is 0 Å². The summed E-state index contributed by atoms with van der Waals surface area (Å²) in [4.78, 5) is 10.7. The van der Waals surface area contributed by atoms with E-state index in [0.29, 0.717) is 0 Å². The summed E-state index contributed by atoms with van der Waals surface area (Å²) in [6.07, 6.45) is 0. The van der Waals surface area contributed by atoms with Crippen molar-refractivity contribution in [1.82, 2.24) is 0 Å². The lowest BCUT2D eigenvalue weighted by Gasteiger charge is -2.18. The molecule has 0 spiro atoms. The van der Waals surface area contributed by atoms with E-state index in [-0.39, 0.29) is 6.61 Å². The van der Waals surface area contributed by atoms with Crippen molar-refractivity contribution < 1.29 is 9.90 Å². The lowest BCUT2D eigenvalue weighted by molar-refractivity contribution is -0.117. The van der Waals surface area contributed by atoms with E-state index in [1.807, 2.05) is 31.2 Å². The molecule has 0 saturated heterocycles. The molecule has 0 heterocycles. The summed E-state index contributed by atoms with van der Waals surface area (Å²) in [6, 6.07) is 40.2. The van der Waals surface area contributed by atoms with Gasteiger partial charge in [-0.3, -0.25) is 4.79 Å². The summed E-state index contributed by atoms with van der Waals surface area (Å²) in [7, 11) is -0.446. The van der Waals surface area contributed by atoms with Crippen LogP contribution in [0.3, 0.4) is 0 Å². The molecule has 0 saturated carbocycles. The molecule has 0 aromatic heterocycles. The summed E-state index contributed by atoms with van der Waals surface area (Å²) < 4.78 is -4.35. The van der Waals surface area contributed by atoms with Gasteiger partial charge in [0.2, 0.25) is 5.78 Å². The number of alkyl halides is 6. The van der Waals surface area contributed by atoms with Gasteiger partial charge in [-0.05, 0) is 36.3 Å². The molecule has 0 bridgehead atoms. The number of carbonyl (C=O) groups is 1. The summed E-state index contributed by atoms with van der Waals surface area (Å²) in [5, 5.41) is 12.8. The number of hydrogen-bond acceptors (Lipinski definition) is 2. The molecule has 1 N–H and O–H groups in total. The minimum absolute atomic E-state index is 0.139. The largest absolute Gasteiger partial charge is 0.392 e. The Bertz CT molecular complexity index is 1120. The van der Waals surface area contributed by atoms with Gasteiger partial charge in [0, 0.05) is 0 Å². The molecule has 200 valence electrons. The fourth-order valence-corrected chi connectivity index (χ4v) is 6.62. The van der Waals surface area contributed by atoms with Crippen molar-refractivity contribution in [1.29, 1.82) is 0 Å². The molecule has 0 fully saturated rings. The van der Waals surface area contributed by atoms with Crippen LogP contribution in [0.4, 0.5) is 0 Å². The van der Waals surface area contributed by atoms with Crippen LogP contribution in [0.15, 0.2) is 115 Å². The third-order valence-electron chi connectivity index (χ3n) is 4.86. The third kappa shape index (κ3) is 11.4. The molecule has 4 rings (SSSR count). The Balaban J connectivity index is 0.000000226. The number of halogens is 6. The number of ketones is 1. The van der Waals surface area contributed by atoms with Crippen LogP contribution < -0.4 is 15.9 Å². The van der Waals surface area contributed by atoms with Crippen LogP contribution >= 0.6 is 77.5 Å². The average molecular weight is 649 g/mol. The Morgan fingerprint density at radius 2 is 0.921 bits per heavy atom. The van der Waals surface area contributed by atoms with Gasteiger partial charge in [0.05, 0.1) is 6.61 Å². The Labute approximate surface area is 255 Å². The maximum Gasteiger partial charge on any atom is 0.253 e. The number of carbonyl (C=O) groups excluding carboxylic acids is 1. The smallest absolute Gasteiger partial charge is 0.253 e. The fourth-order valence-electron chi connectivity index (χ4n) is 3.03. The lowest BCUT2D eigenvalue weighted by atomic mass is 10.2. The Morgan fingerprint density at radius 1 is 0.605 bits per heavy atom. The highest BCUT2D eigenvalue weighted by Gasteiger charge is 2.44. The number of aliphatic hydroxyl groups is 1. The van der Waals surface area contributed by atoms with Crippen molar-refractivity contribution in [3.63, 3.8) is 0 Å². The number of rotatable bonds is 4. The standard InChI is InChI=1S/C18H15P.C8H10O.C3Cl6O/c1-4-10-16(11-5-1)19(17-12-6-2-7-13-17)18-14-8-3-9-15-18;1-7-2-4-8(6-9)5-3-7;4-2(5,6)1(10)3(7,8)9/h1-15H;2-5,9H,6H2,1H3;. The molecule has 38 heavy (non-hydrogen) atoms. The van der Waals surface area contributed by atoms with E-state index in [9.17, 15) is 4.79 Å². The number of aliphatic hydroxyl groups excluding tert-OH is 1. The molecular formula is C29H25Cl6O2P. The van der Waals surface area contributed by atoms with E-state index in [4.69, 9.17) is 74.7 Å². The third-order valence-corrected chi connectivity index (χ3v) is 8.33. The first-order valence-electron chi connectivity index (χ1n) is 11.2. The van der Waals surface area contributed by atoms with Crippen LogP contribution in [-0.2, 0) is 11.4 Å². The maximum atomic E-state index is 10.7. The van der Waals surface area contributed by atoms with Gasteiger partial charge in [0.1, 0.15) is 0 Å². The fraction of sp³-hybridized carbons (Fsp3) is 0.138. The van der Waals surface area contributed by atoms with Crippen molar-refractivity contribution >= 4 is 99.2 Å². The molecule has 2 nitrogen and oxygen atoms in total. The molecule has 4 aromatic rings. The molecule has 9 heteroatoms. The molecule has 0 atom stereocenters. The first kappa shape index (κ1) is 32.9. The van der Waals surface area contributed by atoms with Gasteiger partial charge in [0.25, 0.3) is 7.59 Å². The van der Waals surface area contributed by atoms with Crippen molar-refractivity contribution in [3.05, 3.63) is 126 Å². The van der Waals surface area contributed by atoms with Gasteiger partial charge >= 0.3 is 0 Å². The van der Waals surface area contributed by atoms with Crippen LogP contribution in [0.5, 0.6) is 0 Å². The normalized spacial score (nSPS) is 11.1. The summed E-state index contributed by atoms with van der Waals surface area (Å²) in [5.41, 5.74) is 2.20. The predicted octanol–water partition coefficient (Wildman–Crippen LogP) is 8.23. The zero-order valence-corrected chi connectivity index (χ0v) is 25.7. The van der Waals surface area contributed by atoms with E-state index >= 15 is 0 Å². The van der Waals surface area contributed by atoms with Gasteiger partial charge in [-0.2, -0.15) is 0 Å². The van der Waals surface area contributed by atoms with Crippen molar-refractivity contribution in [2.75, 3.05) is 0 Å². The van der Waals surface area contributed by atoms with E-state index in [0.717, 1.165) is 5.56 Å². The molecule has 0 radical (unpaired) electrons. The monoisotopic (exact) mass is 646 g/mol. The first-order chi connectivity index (χ1) is 17.9. The van der Waals surface area contributed by atoms with Gasteiger partial charge in [-0.15, -0.1) is 0 Å². The Morgan fingerprint density at radius 3 is 1.16 bits per heavy atom. The zero-order valence-electron chi connectivity index (χ0n) is 20.2. The molecule has 0 amide bonds. The zero-order chi connectivity index (χ0) is 28.2.